The van der Waals surface area contributed by atoms with Gasteiger partial charge in [-0.3, -0.25) is 19.7 Å². The van der Waals surface area contributed by atoms with Gasteiger partial charge in [-0.25, -0.2) is 10.3 Å². The van der Waals surface area contributed by atoms with Crippen molar-refractivity contribution in [2.75, 3.05) is 18.6 Å². The Morgan fingerprint density at radius 2 is 1.79 bits per heavy atom. The summed E-state index contributed by atoms with van der Waals surface area (Å²) in [4.78, 5) is 39.1. The summed E-state index contributed by atoms with van der Waals surface area (Å²) in [7, 11) is 1.57. The number of ether oxygens (including phenoxy) is 2. The molecule has 2 aromatic carbocycles. The molecule has 34 heavy (non-hydrogen) atoms. The number of pyridine rings is 1. The van der Waals surface area contributed by atoms with Gasteiger partial charge in [0.25, 0.3) is 11.5 Å². The molecule has 0 unspecified atom stereocenters. The zero-order valence-electron chi connectivity index (χ0n) is 19.7. The minimum absolute atomic E-state index is 0.181. The van der Waals surface area contributed by atoms with E-state index in [4.69, 9.17) is 14.7 Å². The van der Waals surface area contributed by atoms with Crippen LogP contribution in [0.2, 0.25) is 0 Å². The number of hydrogen-bond donors (Lipinski definition) is 2. The normalized spacial score (nSPS) is 11.2. The number of benzene rings is 2. The minimum Gasteiger partial charge on any atom is -0.497 e. The van der Waals surface area contributed by atoms with Gasteiger partial charge >= 0.3 is 6.09 Å². The SMILES string of the molecule is COc1ccc(N(CCCn2ccc3ccc(C(=O)NO)cc3c2=O)C(=O)OC(C)(C)C)cc1. The van der Waals surface area contributed by atoms with Crippen LogP contribution < -0.4 is 20.7 Å². The van der Waals surface area contributed by atoms with Gasteiger partial charge in [0.15, 0.2) is 0 Å². The van der Waals surface area contributed by atoms with Crippen molar-refractivity contribution in [1.29, 1.82) is 0 Å². The Hall–Kier alpha value is -3.85. The first-order valence-corrected chi connectivity index (χ1v) is 10.8. The molecule has 0 aliphatic carbocycles. The molecule has 0 saturated carbocycles. The zero-order valence-corrected chi connectivity index (χ0v) is 19.7. The summed E-state index contributed by atoms with van der Waals surface area (Å²) < 4.78 is 12.3. The summed E-state index contributed by atoms with van der Waals surface area (Å²) in [6.07, 6.45) is 1.68. The van der Waals surface area contributed by atoms with Gasteiger partial charge in [-0.05, 0) is 75.0 Å². The van der Waals surface area contributed by atoms with E-state index in [0.717, 1.165) is 0 Å². The summed E-state index contributed by atoms with van der Waals surface area (Å²) in [5.41, 5.74) is 1.48. The number of rotatable bonds is 7. The predicted octanol–water partition coefficient (Wildman–Crippen LogP) is 3.96. The highest BCUT2D eigenvalue weighted by Gasteiger charge is 2.23. The lowest BCUT2D eigenvalue weighted by Gasteiger charge is -2.27. The van der Waals surface area contributed by atoms with Gasteiger partial charge in [0.2, 0.25) is 0 Å². The molecule has 0 radical (unpaired) electrons. The number of aromatic nitrogens is 1. The summed E-state index contributed by atoms with van der Waals surface area (Å²) in [5, 5.41) is 9.91. The first kappa shape index (κ1) is 24.8. The highest BCUT2D eigenvalue weighted by molar-refractivity contribution is 5.97. The number of hydroxylamine groups is 1. The molecule has 0 aliphatic heterocycles. The molecule has 0 bridgehead atoms. The summed E-state index contributed by atoms with van der Waals surface area (Å²) >= 11 is 0. The highest BCUT2D eigenvalue weighted by atomic mass is 16.6. The lowest BCUT2D eigenvalue weighted by Crippen LogP contribution is -2.38. The van der Waals surface area contributed by atoms with Crippen LogP contribution in [0.4, 0.5) is 10.5 Å². The Labute approximate surface area is 197 Å². The van der Waals surface area contributed by atoms with Crippen molar-refractivity contribution in [3.63, 3.8) is 0 Å². The molecule has 180 valence electrons. The summed E-state index contributed by atoms with van der Waals surface area (Å²) in [6.45, 7) is 6.07. The Morgan fingerprint density at radius 3 is 2.41 bits per heavy atom. The Kier molecular flexibility index (Phi) is 7.57. The third kappa shape index (κ3) is 5.93. The fourth-order valence-corrected chi connectivity index (χ4v) is 3.47. The van der Waals surface area contributed by atoms with Crippen molar-refractivity contribution in [3.8, 4) is 5.75 Å². The maximum absolute atomic E-state index is 13.0. The van der Waals surface area contributed by atoms with E-state index in [1.165, 1.54) is 21.6 Å². The van der Waals surface area contributed by atoms with E-state index in [2.05, 4.69) is 0 Å². The third-order valence-electron chi connectivity index (χ3n) is 5.12. The zero-order chi connectivity index (χ0) is 24.9. The van der Waals surface area contributed by atoms with Gasteiger partial charge in [-0.15, -0.1) is 0 Å². The molecule has 3 aromatic rings. The Morgan fingerprint density at radius 1 is 1.09 bits per heavy atom. The number of amides is 2. The standard InChI is InChI=1S/C25H29N3O6/c1-25(2,3)34-24(31)28(19-8-10-20(33-4)11-9-19)14-5-13-27-15-12-17-6-7-18(22(29)26-32)16-21(17)23(27)30/h6-12,15-16,32H,5,13-14H2,1-4H3,(H,26,29). The number of carbonyl (C=O) groups is 2. The van der Waals surface area contributed by atoms with Crippen LogP contribution in [-0.2, 0) is 11.3 Å². The molecule has 1 aromatic heterocycles. The molecule has 0 atom stereocenters. The highest BCUT2D eigenvalue weighted by Crippen LogP contribution is 2.22. The van der Waals surface area contributed by atoms with Crippen LogP contribution in [0.25, 0.3) is 10.8 Å². The third-order valence-corrected chi connectivity index (χ3v) is 5.12. The quantitative estimate of drug-likeness (QED) is 0.402. The van der Waals surface area contributed by atoms with Crippen LogP contribution in [0.5, 0.6) is 5.75 Å². The van der Waals surface area contributed by atoms with Gasteiger partial charge in [-0.2, -0.15) is 0 Å². The molecule has 1 heterocycles. The van der Waals surface area contributed by atoms with Crippen LogP contribution in [-0.4, -0.2) is 41.0 Å². The number of hydrogen-bond acceptors (Lipinski definition) is 6. The van der Waals surface area contributed by atoms with E-state index >= 15 is 0 Å². The fraction of sp³-hybridized carbons (Fsp3) is 0.320. The monoisotopic (exact) mass is 467 g/mol. The molecular weight excluding hydrogens is 438 g/mol. The van der Waals surface area contributed by atoms with E-state index in [0.29, 0.717) is 41.7 Å². The molecule has 0 fully saturated rings. The maximum Gasteiger partial charge on any atom is 0.414 e. The molecule has 0 spiro atoms. The first-order valence-electron chi connectivity index (χ1n) is 10.8. The number of aryl methyl sites for hydroxylation is 1. The predicted molar refractivity (Wildman–Crippen MR) is 129 cm³/mol. The second-order valence-corrected chi connectivity index (χ2v) is 8.74. The van der Waals surface area contributed by atoms with Crippen LogP contribution in [0.15, 0.2) is 59.5 Å². The van der Waals surface area contributed by atoms with Crippen LogP contribution in [0.1, 0.15) is 37.6 Å². The molecule has 9 nitrogen and oxygen atoms in total. The summed E-state index contributed by atoms with van der Waals surface area (Å²) in [5.74, 6) is -0.0194. The minimum atomic E-state index is -0.691. The molecule has 2 amide bonds. The van der Waals surface area contributed by atoms with Crippen molar-refractivity contribution in [2.45, 2.75) is 39.3 Å². The molecule has 0 saturated heterocycles. The van der Waals surface area contributed by atoms with Gasteiger partial charge in [0, 0.05) is 35.9 Å². The maximum atomic E-state index is 13.0. The largest absolute Gasteiger partial charge is 0.497 e. The molecule has 2 N–H and O–H groups in total. The summed E-state index contributed by atoms with van der Waals surface area (Å²) in [6, 6.07) is 13.5. The smallest absolute Gasteiger partial charge is 0.414 e. The molecule has 0 aliphatic rings. The van der Waals surface area contributed by atoms with Crippen molar-refractivity contribution < 1.29 is 24.3 Å². The second kappa shape index (κ2) is 10.4. The van der Waals surface area contributed by atoms with Crippen LogP contribution >= 0.6 is 0 Å². The van der Waals surface area contributed by atoms with Gasteiger partial charge in [0.05, 0.1) is 7.11 Å². The van der Waals surface area contributed by atoms with Crippen LogP contribution in [0, 0.1) is 0 Å². The van der Waals surface area contributed by atoms with Gasteiger partial charge in [0.1, 0.15) is 11.4 Å². The number of methoxy groups -OCH3 is 1. The lowest BCUT2D eigenvalue weighted by molar-refractivity contribution is 0.0579. The van der Waals surface area contributed by atoms with Crippen molar-refractivity contribution in [2.24, 2.45) is 0 Å². The molecular formula is C25H29N3O6. The van der Waals surface area contributed by atoms with E-state index in [9.17, 15) is 14.4 Å². The first-order chi connectivity index (χ1) is 16.1. The van der Waals surface area contributed by atoms with Gasteiger partial charge < -0.3 is 14.0 Å². The van der Waals surface area contributed by atoms with E-state index in [-0.39, 0.29) is 11.1 Å². The van der Waals surface area contributed by atoms with E-state index in [1.807, 2.05) is 0 Å². The number of carbonyl (C=O) groups excluding carboxylic acids is 2. The number of nitrogens with zero attached hydrogens (tertiary/aromatic N) is 2. The average Bonchev–Trinajstić information content (AvgIpc) is 2.81. The second-order valence-electron chi connectivity index (χ2n) is 8.74. The van der Waals surface area contributed by atoms with Crippen molar-refractivity contribution in [1.82, 2.24) is 10.0 Å². The molecule has 3 rings (SSSR count). The van der Waals surface area contributed by atoms with E-state index in [1.54, 1.807) is 76.0 Å². The Balaban J connectivity index is 1.81. The number of fused-ring (bicyclic) bond motifs is 1. The lowest BCUT2D eigenvalue weighted by atomic mass is 10.1. The Bertz CT molecular complexity index is 1230. The molecule has 9 heteroatoms. The van der Waals surface area contributed by atoms with Crippen LogP contribution in [0.3, 0.4) is 0 Å². The topological polar surface area (TPSA) is 110 Å². The van der Waals surface area contributed by atoms with E-state index < -0.39 is 17.6 Å². The number of anilines is 1. The number of nitrogens with one attached hydrogen (secondary N) is 1. The average molecular weight is 468 g/mol. The van der Waals surface area contributed by atoms with Gasteiger partial charge in [-0.1, -0.05) is 6.07 Å². The van der Waals surface area contributed by atoms with Crippen molar-refractivity contribution >= 4 is 28.5 Å². The fourth-order valence-electron chi connectivity index (χ4n) is 3.47. The van der Waals surface area contributed by atoms with Crippen molar-refractivity contribution in [3.05, 3.63) is 70.6 Å².